The molecule has 0 radical (unpaired) electrons. The Morgan fingerprint density at radius 1 is 1.50 bits per heavy atom. The summed E-state index contributed by atoms with van der Waals surface area (Å²) in [7, 11) is 3.65. The van der Waals surface area contributed by atoms with Gasteiger partial charge in [0, 0.05) is 26.2 Å². The number of likely N-dealkylation sites (N-methyl/N-ethyl adjacent to an activating group) is 1. The van der Waals surface area contributed by atoms with Crippen LogP contribution in [0.15, 0.2) is 0 Å². The third-order valence-corrected chi connectivity index (χ3v) is 1.86. The quantitative estimate of drug-likeness (QED) is 0.640. The second kappa shape index (κ2) is 5.83. The third-order valence-electron chi connectivity index (χ3n) is 1.86. The molecule has 0 spiro atoms. The van der Waals surface area contributed by atoms with Crippen molar-refractivity contribution in [3.05, 3.63) is 0 Å². The lowest BCUT2D eigenvalue weighted by atomic mass is 10.3. The van der Waals surface area contributed by atoms with Gasteiger partial charge in [-0.3, -0.25) is 0 Å². The number of carbonyl (C=O) groups excluding carboxylic acids is 1. The van der Waals surface area contributed by atoms with Crippen molar-refractivity contribution in [3.63, 3.8) is 0 Å². The van der Waals surface area contributed by atoms with E-state index in [1.165, 1.54) is 0 Å². The molecule has 0 rings (SSSR count). The molecule has 0 unspecified atom stereocenters. The maximum Gasteiger partial charge on any atom is 0.314 e. The predicted octanol–water partition coefficient (Wildman–Crippen LogP) is 0.256. The van der Waals surface area contributed by atoms with Gasteiger partial charge in [-0.2, -0.15) is 0 Å². The number of urea groups is 1. The highest BCUT2D eigenvalue weighted by Gasteiger charge is 2.02. The van der Waals surface area contributed by atoms with Crippen molar-refractivity contribution >= 4 is 6.03 Å². The van der Waals surface area contributed by atoms with Crippen molar-refractivity contribution in [3.8, 4) is 0 Å². The lowest BCUT2D eigenvalue weighted by Crippen LogP contribution is -2.39. The molecule has 0 heterocycles. The molecule has 2 amide bonds. The molecular weight excluding hydrogens is 154 g/mol. The van der Waals surface area contributed by atoms with E-state index in [0.29, 0.717) is 12.6 Å². The van der Waals surface area contributed by atoms with Gasteiger partial charge in [0.1, 0.15) is 0 Å². The molecule has 4 heteroatoms. The standard InChI is InChI=1S/C8H19N3O/c1-7(2)11(4)6-5-10-8(12)9-3/h7H,5-6H2,1-4H3,(H2,9,10,12). The van der Waals surface area contributed by atoms with Crippen LogP contribution in [-0.4, -0.2) is 44.2 Å². The molecule has 0 aromatic rings. The SMILES string of the molecule is CNC(=O)NCCN(C)C(C)C. The average Bonchev–Trinajstić information content (AvgIpc) is 2.03. The van der Waals surface area contributed by atoms with Crippen LogP contribution < -0.4 is 10.6 Å². The van der Waals surface area contributed by atoms with Crippen LogP contribution in [0.2, 0.25) is 0 Å². The van der Waals surface area contributed by atoms with Gasteiger partial charge >= 0.3 is 6.03 Å². The minimum absolute atomic E-state index is 0.118. The molecule has 72 valence electrons. The second-order valence-corrected chi connectivity index (χ2v) is 3.08. The molecule has 0 aromatic heterocycles. The first-order chi connectivity index (χ1) is 5.57. The molecule has 0 saturated heterocycles. The fraction of sp³-hybridized carbons (Fsp3) is 0.875. The van der Waals surface area contributed by atoms with Crippen molar-refractivity contribution in [2.75, 3.05) is 27.2 Å². The normalized spacial score (nSPS) is 10.5. The topological polar surface area (TPSA) is 44.4 Å². The van der Waals surface area contributed by atoms with E-state index in [1.807, 2.05) is 7.05 Å². The summed E-state index contributed by atoms with van der Waals surface area (Å²) in [5.74, 6) is 0. The smallest absolute Gasteiger partial charge is 0.314 e. The molecule has 4 nitrogen and oxygen atoms in total. The van der Waals surface area contributed by atoms with Gasteiger partial charge in [-0.15, -0.1) is 0 Å². The average molecular weight is 173 g/mol. The number of carbonyl (C=O) groups is 1. The van der Waals surface area contributed by atoms with Crippen molar-refractivity contribution in [1.29, 1.82) is 0 Å². The molecule has 12 heavy (non-hydrogen) atoms. The molecule has 0 bridgehead atoms. The summed E-state index contributed by atoms with van der Waals surface area (Å²) in [5, 5.41) is 5.23. The van der Waals surface area contributed by atoms with E-state index >= 15 is 0 Å². The zero-order valence-electron chi connectivity index (χ0n) is 8.35. The monoisotopic (exact) mass is 173 g/mol. The van der Waals surface area contributed by atoms with Gasteiger partial charge in [0.15, 0.2) is 0 Å². The zero-order valence-corrected chi connectivity index (χ0v) is 8.35. The van der Waals surface area contributed by atoms with Crippen molar-refractivity contribution in [2.24, 2.45) is 0 Å². The van der Waals surface area contributed by atoms with Crippen LogP contribution in [0.25, 0.3) is 0 Å². The molecule has 0 atom stereocenters. The Balaban J connectivity index is 3.37. The maximum atomic E-state index is 10.7. The number of hydrogen-bond acceptors (Lipinski definition) is 2. The third kappa shape index (κ3) is 4.96. The van der Waals surface area contributed by atoms with Crippen molar-refractivity contribution in [2.45, 2.75) is 19.9 Å². The summed E-state index contributed by atoms with van der Waals surface area (Å²) in [6.45, 7) is 5.82. The van der Waals surface area contributed by atoms with Crippen LogP contribution in [0.4, 0.5) is 4.79 Å². The first kappa shape index (κ1) is 11.2. The number of nitrogens with zero attached hydrogens (tertiary/aromatic N) is 1. The summed E-state index contributed by atoms with van der Waals surface area (Å²) < 4.78 is 0. The van der Waals surface area contributed by atoms with Gasteiger partial charge in [-0.05, 0) is 20.9 Å². The van der Waals surface area contributed by atoms with E-state index in [4.69, 9.17) is 0 Å². The summed E-state index contributed by atoms with van der Waals surface area (Å²) in [5.41, 5.74) is 0. The molecule has 0 aliphatic rings. The van der Waals surface area contributed by atoms with E-state index in [0.717, 1.165) is 6.54 Å². The Labute approximate surface area is 74.3 Å². The fourth-order valence-electron chi connectivity index (χ4n) is 0.692. The van der Waals surface area contributed by atoms with E-state index in [2.05, 4.69) is 29.4 Å². The number of amides is 2. The van der Waals surface area contributed by atoms with E-state index < -0.39 is 0 Å². The highest BCUT2D eigenvalue weighted by Crippen LogP contribution is 1.90. The first-order valence-electron chi connectivity index (χ1n) is 4.23. The minimum Gasteiger partial charge on any atom is -0.341 e. The Kier molecular flexibility index (Phi) is 5.45. The van der Waals surface area contributed by atoms with Gasteiger partial charge in [-0.25, -0.2) is 4.79 Å². The van der Waals surface area contributed by atoms with Crippen LogP contribution in [0.3, 0.4) is 0 Å². The predicted molar refractivity (Wildman–Crippen MR) is 50.2 cm³/mol. The van der Waals surface area contributed by atoms with E-state index in [9.17, 15) is 4.79 Å². The summed E-state index contributed by atoms with van der Waals surface area (Å²) >= 11 is 0. The van der Waals surface area contributed by atoms with Crippen LogP contribution >= 0.6 is 0 Å². The molecule has 0 aliphatic carbocycles. The largest absolute Gasteiger partial charge is 0.341 e. The maximum absolute atomic E-state index is 10.7. The molecular formula is C8H19N3O. The van der Waals surface area contributed by atoms with Gasteiger partial charge in [0.2, 0.25) is 0 Å². The van der Waals surface area contributed by atoms with Gasteiger partial charge < -0.3 is 15.5 Å². The second-order valence-electron chi connectivity index (χ2n) is 3.08. The van der Waals surface area contributed by atoms with Gasteiger partial charge in [0.05, 0.1) is 0 Å². The lowest BCUT2D eigenvalue weighted by molar-refractivity contribution is 0.236. The van der Waals surface area contributed by atoms with Crippen molar-refractivity contribution in [1.82, 2.24) is 15.5 Å². The van der Waals surface area contributed by atoms with E-state index in [1.54, 1.807) is 7.05 Å². The zero-order chi connectivity index (χ0) is 9.56. The first-order valence-corrected chi connectivity index (χ1v) is 4.23. The molecule has 2 N–H and O–H groups in total. The fourth-order valence-corrected chi connectivity index (χ4v) is 0.692. The molecule has 0 aliphatic heterocycles. The molecule has 0 saturated carbocycles. The van der Waals surface area contributed by atoms with Crippen LogP contribution in [0, 0.1) is 0 Å². The van der Waals surface area contributed by atoms with Gasteiger partial charge in [-0.1, -0.05) is 0 Å². The summed E-state index contributed by atoms with van der Waals surface area (Å²) in [4.78, 5) is 12.9. The Morgan fingerprint density at radius 2 is 2.08 bits per heavy atom. The van der Waals surface area contributed by atoms with Crippen LogP contribution in [0.1, 0.15) is 13.8 Å². The summed E-state index contributed by atoms with van der Waals surface area (Å²) in [6.07, 6.45) is 0. The highest BCUT2D eigenvalue weighted by molar-refractivity contribution is 5.73. The number of rotatable bonds is 4. The Bertz CT molecular complexity index is 136. The number of hydrogen-bond donors (Lipinski definition) is 2. The highest BCUT2D eigenvalue weighted by atomic mass is 16.2. The number of nitrogens with one attached hydrogen (secondary N) is 2. The van der Waals surface area contributed by atoms with Gasteiger partial charge in [0.25, 0.3) is 0 Å². The molecule has 0 aromatic carbocycles. The van der Waals surface area contributed by atoms with Crippen molar-refractivity contribution < 1.29 is 4.79 Å². The summed E-state index contributed by atoms with van der Waals surface area (Å²) in [6, 6.07) is 0.406. The lowest BCUT2D eigenvalue weighted by Gasteiger charge is -2.20. The van der Waals surface area contributed by atoms with Crippen LogP contribution in [0.5, 0.6) is 0 Å². The Hall–Kier alpha value is -0.770. The van der Waals surface area contributed by atoms with E-state index in [-0.39, 0.29) is 6.03 Å². The Morgan fingerprint density at radius 3 is 2.50 bits per heavy atom. The van der Waals surface area contributed by atoms with Crippen LogP contribution in [-0.2, 0) is 0 Å². The minimum atomic E-state index is -0.118. The molecule has 0 fully saturated rings.